The lowest BCUT2D eigenvalue weighted by atomic mass is 9.98. The van der Waals surface area contributed by atoms with Crippen LogP contribution in [0.4, 0.5) is 0 Å². The molecule has 19 heavy (non-hydrogen) atoms. The van der Waals surface area contributed by atoms with Gasteiger partial charge in [-0.25, -0.2) is 4.98 Å². The second-order valence-corrected chi connectivity index (χ2v) is 6.08. The van der Waals surface area contributed by atoms with Crippen LogP contribution < -0.4 is 0 Å². The van der Waals surface area contributed by atoms with Crippen molar-refractivity contribution < 1.29 is 4.79 Å². The third kappa shape index (κ3) is 3.09. The highest BCUT2D eigenvalue weighted by Crippen LogP contribution is 2.25. The molecule has 0 unspecified atom stereocenters. The molecule has 0 bridgehead atoms. The predicted molar refractivity (Wildman–Crippen MR) is 78.4 cm³/mol. The van der Waals surface area contributed by atoms with E-state index in [2.05, 4.69) is 27.0 Å². The summed E-state index contributed by atoms with van der Waals surface area (Å²) in [5.41, 5.74) is 2.34. The van der Waals surface area contributed by atoms with Gasteiger partial charge in [0.1, 0.15) is 5.01 Å². The predicted octanol–water partition coefficient (Wildman–Crippen LogP) is 4.01. The van der Waals surface area contributed by atoms with Gasteiger partial charge in [-0.15, -0.1) is 11.3 Å². The average molecular weight is 335 g/mol. The van der Waals surface area contributed by atoms with E-state index in [0.717, 1.165) is 15.7 Å². The molecule has 1 aromatic carbocycles. The third-order valence-corrected chi connectivity index (χ3v) is 4.09. The normalized spacial score (nSPS) is 11.9. The molecule has 1 atom stereocenters. The number of Topliss-reactive ketones (excluding diaryl/α,β-unsaturated/α-hetero) is 1. The van der Waals surface area contributed by atoms with E-state index in [9.17, 15) is 10.1 Å². The van der Waals surface area contributed by atoms with Gasteiger partial charge in [-0.2, -0.15) is 5.26 Å². The molecule has 5 heteroatoms. The number of carbonyl (C=O) groups is 1. The van der Waals surface area contributed by atoms with E-state index < -0.39 is 5.92 Å². The van der Waals surface area contributed by atoms with Crippen molar-refractivity contribution in [2.75, 3.05) is 0 Å². The summed E-state index contributed by atoms with van der Waals surface area (Å²) in [6, 6.07) is 7.50. The Labute approximate surface area is 124 Å². The van der Waals surface area contributed by atoms with Crippen molar-refractivity contribution >= 4 is 33.0 Å². The smallest absolute Gasteiger partial charge is 0.186 e. The van der Waals surface area contributed by atoms with Crippen LogP contribution in [0.25, 0.3) is 0 Å². The fourth-order valence-corrected chi connectivity index (χ4v) is 3.22. The van der Waals surface area contributed by atoms with E-state index in [4.69, 9.17) is 0 Å². The van der Waals surface area contributed by atoms with Crippen molar-refractivity contribution in [3.8, 4) is 6.07 Å². The first-order valence-corrected chi connectivity index (χ1v) is 7.31. The maximum atomic E-state index is 12.4. The fourth-order valence-electron chi connectivity index (χ4n) is 1.78. The van der Waals surface area contributed by atoms with Crippen LogP contribution in [0.1, 0.15) is 32.5 Å². The van der Waals surface area contributed by atoms with Crippen LogP contribution in [0.5, 0.6) is 0 Å². The van der Waals surface area contributed by atoms with Gasteiger partial charge in [0.05, 0.1) is 6.07 Å². The molecule has 96 valence electrons. The molecule has 3 nitrogen and oxygen atoms in total. The van der Waals surface area contributed by atoms with Gasteiger partial charge in [0.15, 0.2) is 11.7 Å². The zero-order chi connectivity index (χ0) is 14.0. The molecular weight excluding hydrogens is 324 g/mol. The zero-order valence-electron chi connectivity index (χ0n) is 10.5. The lowest BCUT2D eigenvalue weighted by Gasteiger charge is -2.07. The summed E-state index contributed by atoms with van der Waals surface area (Å²) < 4.78 is 0.836. The van der Waals surface area contributed by atoms with Crippen LogP contribution in [-0.2, 0) is 0 Å². The molecular formula is C14H11BrN2OS. The number of aryl methyl sites for hydroxylation is 2. The van der Waals surface area contributed by atoms with Crippen molar-refractivity contribution in [2.45, 2.75) is 19.8 Å². The lowest BCUT2D eigenvalue weighted by Crippen LogP contribution is -2.11. The maximum Gasteiger partial charge on any atom is 0.186 e. The molecule has 0 aliphatic carbocycles. The van der Waals surface area contributed by atoms with Crippen LogP contribution in [0.3, 0.4) is 0 Å². The number of rotatable bonds is 3. The average Bonchev–Trinajstić information content (AvgIpc) is 2.75. The topological polar surface area (TPSA) is 53.8 Å². The summed E-state index contributed by atoms with van der Waals surface area (Å²) in [6.45, 7) is 3.76. The monoisotopic (exact) mass is 334 g/mol. The number of hydrogen-bond donors (Lipinski definition) is 0. The van der Waals surface area contributed by atoms with E-state index in [0.29, 0.717) is 10.6 Å². The number of nitrogens with zero attached hydrogens (tertiary/aromatic N) is 2. The highest BCUT2D eigenvalue weighted by Gasteiger charge is 2.24. The first-order valence-electron chi connectivity index (χ1n) is 5.64. The Morgan fingerprint density at radius 2 is 2.16 bits per heavy atom. The van der Waals surface area contributed by atoms with E-state index in [1.54, 1.807) is 12.1 Å². The largest absolute Gasteiger partial charge is 0.292 e. The minimum absolute atomic E-state index is 0.207. The van der Waals surface area contributed by atoms with Crippen molar-refractivity contribution in [3.63, 3.8) is 0 Å². The second kappa shape index (κ2) is 5.64. The molecule has 0 fully saturated rings. The van der Waals surface area contributed by atoms with E-state index in [-0.39, 0.29) is 5.78 Å². The molecule has 0 aliphatic rings. The minimum Gasteiger partial charge on any atom is -0.292 e. The number of hydrogen-bond acceptors (Lipinski definition) is 4. The van der Waals surface area contributed by atoms with Crippen molar-refractivity contribution in [1.29, 1.82) is 5.26 Å². The number of benzene rings is 1. The van der Waals surface area contributed by atoms with Gasteiger partial charge in [0, 0.05) is 21.1 Å². The number of nitriles is 1. The molecule has 0 saturated carbocycles. The third-order valence-electron chi connectivity index (χ3n) is 2.60. The van der Waals surface area contributed by atoms with Crippen LogP contribution in [0.15, 0.2) is 28.1 Å². The van der Waals surface area contributed by atoms with Gasteiger partial charge in [-0.05, 0) is 37.6 Å². The van der Waals surface area contributed by atoms with Crippen molar-refractivity contribution in [2.24, 2.45) is 0 Å². The second-order valence-electron chi connectivity index (χ2n) is 4.27. The summed E-state index contributed by atoms with van der Waals surface area (Å²) in [4.78, 5) is 16.7. The first-order chi connectivity index (χ1) is 9.01. The van der Waals surface area contributed by atoms with Crippen LogP contribution in [0, 0.1) is 25.2 Å². The standard InChI is InChI=1S/C14H11BrN2OS/c1-8-3-10(5-11(15)4-8)13(18)12(6-16)14-17-9(2)7-19-14/h3-5,7,12H,1-2H3/t12-/m0/s1. The Morgan fingerprint density at radius 3 is 2.68 bits per heavy atom. The molecule has 0 saturated heterocycles. The van der Waals surface area contributed by atoms with Crippen molar-refractivity contribution in [3.05, 3.63) is 49.9 Å². The Bertz CT molecular complexity index is 652. The molecule has 1 aromatic heterocycles. The molecule has 0 amide bonds. The summed E-state index contributed by atoms with van der Waals surface area (Å²) in [7, 11) is 0. The summed E-state index contributed by atoms with van der Waals surface area (Å²) in [5.74, 6) is -1.03. The Kier molecular flexibility index (Phi) is 4.13. The van der Waals surface area contributed by atoms with Gasteiger partial charge in [0.25, 0.3) is 0 Å². The number of aromatic nitrogens is 1. The zero-order valence-corrected chi connectivity index (χ0v) is 12.9. The number of halogens is 1. The molecule has 0 spiro atoms. The Morgan fingerprint density at radius 1 is 1.42 bits per heavy atom. The summed E-state index contributed by atoms with van der Waals surface area (Å²) in [6.07, 6.45) is 0. The first kappa shape index (κ1) is 13.9. The Hall–Kier alpha value is -1.51. The fraction of sp³-hybridized carbons (Fsp3) is 0.214. The minimum atomic E-state index is -0.826. The van der Waals surface area contributed by atoms with Crippen LogP contribution in [0.2, 0.25) is 0 Å². The molecule has 0 aliphatic heterocycles. The molecule has 2 aromatic rings. The van der Waals surface area contributed by atoms with E-state index >= 15 is 0 Å². The van der Waals surface area contributed by atoms with Crippen molar-refractivity contribution in [1.82, 2.24) is 4.98 Å². The number of carbonyl (C=O) groups excluding carboxylic acids is 1. The van der Waals surface area contributed by atoms with Gasteiger partial charge >= 0.3 is 0 Å². The van der Waals surface area contributed by atoms with Gasteiger partial charge in [0.2, 0.25) is 0 Å². The van der Waals surface area contributed by atoms with Gasteiger partial charge in [-0.3, -0.25) is 4.79 Å². The Balaban J connectivity index is 2.39. The number of ketones is 1. The SMILES string of the molecule is Cc1cc(Br)cc(C(=O)[C@H](C#N)c2nc(C)cs2)c1. The van der Waals surface area contributed by atoms with Gasteiger partial charge in [-0.1, -0.05) is 15.9 Å². The van der Waals surface area contributed by atoms with E-state index in [1.165, 1.54) is 11.3 Å². The van der Waals surface area contributed by atoms with Gasteiger partial charge < -0.3 is 0 Å². The highest BCUT2D eigenvalue weighted by atomic mass is 79.9. The highest BCUT2D eigenvalue weighted by molar-refractivity contribution is 9.10. The summed E-state index contributed by atoms with van der Waals surface area (Å²) in [5, 5.41) is 11.6. The maximum absolute atomic E-state index is 12.4. The van der Waals surface area contributed by atoms with Crippen LogP contribution >= 0.6 is 27.3 Å². The molecule has 0 N–H and O–H groups in total. The molecule has 0 radical (unpaired) electrons. The number of thiazole rings is 1. The quantitative estimate of drug-likeness (QED) is 0.796. The summed E-state index contributed by atoms with van der Waals surface area (Å²) >= 11 is 4.71. The lowest BCUT2D eigenvalue weighted by molar-refractivity contribution is 0.0978. The van der Waals surface area contributed by atoms with Crippen LogP contribution in [-0.4, -0.2) is 10.8 Å². The molecule has 2 rings (SSSR count). The van der Waals surface area contributed by atoms with E-state index in [1.807, 2.05) is 25.3 Å². The molecule has 1 heterocycles.